The van der Waals surface area contributed by atoms with Crippen LogP contribution in [0, 0.1) is 0 Å². The van der Waals surface area contributed by atoms with E-state index in [1.54, 1.807) is 0 Å². The summed E-state index contributed by atoms with van der Waals surface area (Å²) in [4.78, 5) is 0. The first-order valence-corrected chi connectivity index (χ1v) is 6.64. The molecule has 1 fully saturated rings. The minimum absolute atomic E-state index is 0.808. The molecule has 0 radical (unpaired) electrons. The molecule has 1 saturated heterocycles. The molecule has 1 aliphatic heterocycles. The number of rotatable bonds is 1. The Labute approximate surface area is 111 Å². The average Bonchev–Trinajstić information content (AvgIpc) is 2.83. The van der Waals surface area contributed by atoms with Gasteiger partial charge in [-0.2, -0.15) is 0 Å². The number of aromatic nitrogens is 1. The lowest BCUT2D eigenvalue weighted by Gasteiger charge is -2.32. The van der Waals surface area contributed by atoms with Gasteiger partial charge in [-0.15, -0.1) is 0 Å². The van der Waals surface area contributed by atoms with E-state index in [1.807, 2.05) is 0 Å². The average molecular weight is 252 g/mol. The van der Waals surface area contributed by atoms with Crippen LogP contribution in [-0.2, 0) is 0 Å². The van der Waals surface area contributed by atoms with Crippen LogP contribution in [0.25, 0.3) is 21.8 Å². The zero-order valence-corrected chi connectivity index (χ0v) is 10.6. The maximum absolute atomic E-state index is 3.21. The van der Waals surface area contributed by atoms with Gasteiger partial charge >= 0.3 is 0 Å². The van der Waals surface area contributed by atoms with E-state index >= 15 is 0 Å². The topological polar surface area (TPSA) is 32.2 Å². The number of benzene rings is 2. The lowest BCUT2D eigenvalue weighted by atomic mass is 10.2. The van der Waals surface area contributed by atoms with Gasteiger partial charge in [-0.1, -0.05) is 36.4 Å². The van der Waals surface area contributed by atoms with Crippen molar-refractivity contribution < 1.29 is 0 Å². The third-order valence-corrected chi connectivity index (χ3v) is 3.72. The van der Waals surface area contributed by atoms with Gasteiger partial charge in [0.1, 0.15) is 0 Å². The van der Waals surface area contributed by atoms with Crippen LogP contribution >= 0.6 is 0 Å². The van der Waals surface area contributed by atoms with Crippen LogP contribution in [0.4, 0.5) is 0 Å². The van der Waals surface area contributed by atoms with Crippen LogP contribution in [-0.4, -0.2) is 24.4 Å². The Balaban J connectivity index is 2.04. The van der Waals surface area contributed by atoms with Gasteiger partial charge in [-0.3, -0.25) is 15.1 Å². The molecular weight excluding hydrogens is 236 g/mol. The Morgan fingerprint density at radius 3 is 2.00 bits per heavy atom. The second-order valence-electron chi connectivity index (χ2n) is 4.84. The molecule has 1 aromatic heterocycles. The highest BCUT2D eigenvalue weighted by molar-refractivity contribution is 6.08. The molecule has 4 nitrogen and oxygen atoms in total. The van der Waals surface area contributed by atoms with E-state index in [2.05, 4.69) is 69.1 Å². The summed E-state index contributed by atoms with van der Waals surface area (Å²) in [5.41, 5.74) is 8.92. The summed E-state index contributed by atoms with van der Waals surface area (Å²) in [5.74, 6) is 0. The lowest BCUT2D eigenvalue weighted by Crippen LogP contribution is -2.55. The van der Waals surface area contributed by atoms with E-state index in [9.17, 15) is 0 Å². The van der Waals surface area contributed by atoms with Crippen molar-refractivity contribution in [3.8, 4) is 0 Å². The van der Waals surface area contributed by atoms with Crippen LogP contribution in [0.15, 0.2) is 48.5 Å². The first-order chi connectivity index (χ1) is 9.45. The smallest absolute Gasteiger partial charge is 0.0965 e. The minimum atomic E-state index is 0.808. The third kappa shape index (κ3) is 1.61. The van der Waals surface area contributed by atoms with Gasteiger partial charge in [0.05, 0.1) is 17.7 Å². The van der Waals surface area contributed by atoms with Gasteiger partial charge in [0, 0.05) is 23.9 Å². The summed E-state index contributed by atoms with van der Waals surface area (Å²) in [6.07, 6.45) is 0. The molecule has 2 aromatic carbocycles. The molecule has 0 saturated carbocycles. The van der Waals surface area contributed by atoms with E-state index in [1.165, 1.54) is 21.8 Å². The van der Waals surface area contributed by atoms with Crippen molar-refractivity contribution in [1.82, 2.24) is 15.5 Å². The van der Waals surface area contributed by atoms with Crippen molar-refractivity contribution in [2.75, 3.05) is 24.8 Å². The number of hydrogen-bond donors (Lipinski definition) is 2. The Morgan fingerprint density at radius 2 is 1.42 bits per heavy atom. The molecule has 0 amide bonds. The van der Waals surface area contributed by atoms with Crippen LogP contribution in [0.2, 0.25) is 0 Å². The molecule has 0 bridgehead atoms. The van der Waals surface area contributed by atoms with Gasteiger partial charge in [-0.25, -0.2) is 5.43 Å². The Morgan fingerprint density at radius 1 is 0.789 bits per heavy atom. The first kappa shape index (κ1) is 10.8. The van der Waals surface area contributed by atoms with Crippen LogP contribution < -0.4 is 15.9 Å². The Hall–Kier alpha value is -2.04. The van der Waals surface area contributed by atoms with E-state index in [-0.39, 0.29) is 0 Å². The maximum Gasteiger partial charge on any atom is 0.0965 e. The number of nitrogens with one attached hydrogen (secondary N) is 2. The maximum atomic E-state index is 3.21. The highest BCUT2D eigenvalue weighted by Gasteiger charge is 2.16. The summed E-state index contributed by atoms with van der Waals surface area (Å²) in [5, 5.41) is 4.97. The van der Waals surface area contributed by atoms with Crippen molar-refractivity contribution in [2.45, 2.75) is 0 Å². The number of hydrogen-bond acceptors (Lipinski definition) is 3. The third-order valence-electron chi connectivity index (χ3n) is 3.72. The molecule has 96 valence electrons. The first-order valence-electron chi connectivity index (χ1n) is 6.64. The molecule has 0 unspecified atom stereocenters. The van der Waals surface area contributed by atoms with Gasteiger partial charge in [0.25, 0.3) is 0 Å². The van der Waals surface area contributed by atoms with Crippen LogP contribution in [0.1, 0.15) is 0 Å². The largest absolute Gasteiger partial charge is 0.296 e. The monoisotopic (exact) mass is 252 g/mol. The number of hydrazine groups is 1. The molecule has 2 N–H and O–H groups in total. The molecule has 19 heavy (non-hydrogen) atoms. The van der Waals surface area contributed by atoms with Gasteiger partial charge in [0.2, 0.25) is 0 Å². The fraction of sp³-hybridized carbons (Fsp3) is 0.200. The molecule has 0 spiro atoms. The van der Waals surface area contributed by atoms with Crippen LogP contribution in [0.3, 0.4) is 0 Å². The second kappa shape index (κ2) is 4.26. The van der Waals surface area contributed by atoms with Gasteiger partial charge < -0.3 is 0 Å². The standard InChI is InChI=1S/C15H16N4/c1-3-7-14-12(5-1)13-6-2-4-8-15(13)19(14)18-10-9-16-17-11-18/h1-8,16-17H,9-11H2. The molecule has 2 heterocycles. The van der Waals surface area contributed by atoms with Crippen molar-refractivity contribution in [3.05, 3.63) is 48.5 Å². The number of para-hydroxylation sites is 2. The predicted octanol–water partition coefficient (Wildman–Crippen LogP) is 1.80. The highest BCUT2D eigenvalue weighted by atomic mass is 15.6. The summed E-state index contributed by atoms with van der Waals surface area (Å²) in [6, 6.07) is 17.2. The van der Waals surface area contributed by atoms with Crippen LogP contribution in [0.5, 0.6) is 0 Å². The second-order valence-corrected chi connectivity index (χ2v) is 4.84. The zero-order valence-electron chi connectivity index (χ0n) is 10.6. The molecule has 3 aromatic rings. The van der Waals surface area contributed by atoms with E-state index < -0.39 is 0 Å². The predicted molar refractivity (Wildman–Crippen MR) is 78.5 cm³/mol. The fourth-order valence-corrected chi connectivity index (χ4v) is 2.88. The molecular formula is C15H16N4. The minimum Gasteiger partial charge on any atom is -0.296 e. The van der Waals surface area contributed by atoms with Gasteiger partial charge in [0.15, 0.2) is 0 Å². The zero-order chi connectivity index (χ0) is 12.7. The number of fused-ring (bicyclic) bond motifs is 3. The Kier molecular flexibility index (Phi) is 2.43. The Bertz CT molecular complexity index is 672. The lowest BCUT2D eigenvalue weighted by molar-refractivity contribution is 0.414. The van der Waals surface area contributed by atoms with Crippen molar-refractivity contribution >= 4 is 21.8 Å². The molecule has 1 aliphatic rings. The fourth-order valence-electron chi connectivity index (χ4n) is 2.88. The van der Waals surface area contributed by atoms with E-state index in [0.29, 0.717) is 0 Å². The van der Waals surface area contributed by atoms with Crippen molar-refractivity contribution in [1.29, 1.82) is 0 Å². The van der Waals surface area contributed by atoms with Gasteiger partial charge in [-0.05, 0) is 12.1 Å². The molecule has 0 aliphatic carbocycles. The van der Waals surface area contributed by atoms with Crippen molar-refractivity contribution in [3.63, 3.8) is 0 Å². The number of nitrogens with zero attached hydrogens (tertiary/aromatic N) is 2. The van der Waals surface area contributed by atoms with E-state index in [4.69, 9.17) is 0 Å². The molecule has 0 atom stereocenters. The molecule has 4 heteroatoms. The summed E-state index contributed by atoms with van der Waals surface area (Å²) >= 11 is 0. The SMILES string of the molecule is c1ccc2c(c1)c1ccccc1n2N1CCNNC1. The normalized spacial score (nSPS) is 16.3. The quantitative estimate of drug-likeness (QED) is 0.692. The van der Waals surface area contributed by atoms with Crippen molar-refractivity contribution in [2.24, 2.45) is 0 Å². The summed E-state index contributed by atoms with van der Waals surface area (Å²) < 4.78 is 2.33. The molecule has 4 rings (SSSR count). The summed E-state index contributed by atoms with van der Waals surface area (Å²) in [7, 11) is 0. The summed E-state index contributed by atoms with van der Waals surface area (Å²) in [6.45, 7) is 2.75. The highest BCUT2D eigenvalue weighted by Crippen LogP contribution is 2.28. The van der Waals surface area contributed by atoms with E-state index in [0.717, 1.165) is 19.8 Å².